The SMILES string of the molecule is O=C(NC(=O)c1c(F)cccc1Cl)Nc1ccc(F)cc1F. The van der Waals surface area contributed by atoms with Crippen molar-refractivity contribution in [2.75, 3.05) is 5.32 Å². The highest BCUT2D eigenvalue weighted by Crippen LogP contribution is 2.19. The molecule has 2 N–H and O–H groups in total. The number of halogens is 4. The Balaban J connectivity index is 2.10. The molecule has 0 spiro atoms. The van der Waals surface area contributed by atoms with E-state index < -0.39 is 35.0 Å². The molecule has 3 amide bonds. The molecule has 0 saturated heterocycles. The topological polar surface area (TPSA) is 58.2 Å². The first-order valence-electron chi connectivity index (χ1n) is 5.90. The lowest BCUT2D eigenvalue weighted by molar-refractivity contribution is 0.0963. The van der Waals surface area contributed by atoms with Gasteiger partial charge < -0.3 is 5.32 Å². The number of benzene rings is 2. The second-order valence-corrected chi connectivity index (χ2v) is 4.54. The van der Waals surface area contributed by atoms with Crippen molar-refractivity contribution in [3.05, 3.63) is 64.4 Å². The molecule has 0 aromatic heterocycles. The molecule has 0 bridgehead atoms. The van der Waals surface area contributed by atoms with E-state index in [9.17, 15) is 22.8 Å². The molecule has 0 aliphatic carbocycles. The fourth-order valence-corrected chi connectivity index (χ4v) is 1.87. The molecule has 2 rings (SSSR count). The molecule has 2 aromatic rings. The number of carbonyl (C=O) groups excluding carboxylic acids is 2. The molecule has 22 heavy (non-hydrogen) atoms. The molecule has 114 valence electrons. The Morgan fingerprint density at radius 3 is 2.36 bits per heavy atom. The highest BCUT2D eigenvalue weighted by molar-refractivity contribution is 6.34. The normalized spacial score (nSPS) is 10.2. The fraction of sp³-hybridized carbons (Fsp3) is 0. The van der Waals surface area contributed by atoms with E-state index in [1.807, 2.05) is 5.32 Å². The van der Waals surface area contributed by atoms with Crippen LogP contribution in [-0.4, -0.2) is 11.9 Å². The molecule has 2 aromatic carbocycles. The minimum absolute atomic E-state index is 0.182. The van der Waals surface area contributed by atoms with Crippen molar-refractivity contribution in [2.24, 2.45) is 0 Å². The van der Waals surface area contributed by atoms with Gasteiger partial charge in [-0.1, -0.05) is 17.7 Å². The van der Waals surface area contributed by atoms with Crippen LogP contribution in [-0.2, 0) is 0 Å². The average molecular weight is 329 g/mol. The summed E-state index contributed by atoms with van der Waals surface area (Å²) in [6.45, 7) is 0. The van der Waals surface area contributed by atoms with Gasteiger partial charge in [0.2, 0.25) is 0 Å². The van der Waals surface area contributed by atoms with Crippen LogP contribution in [0.25, 0.3) is 0 Å². The van der Waals surface area contributed by atoms with E-state index in [0.29, 0.717) is 6.07 Å². The smallest absolute Gasteiger partial charge is 0.305 e. The van der Waals surface area contributed by atoms with Crippen LogP contribution in [0.5, 0.6) is 0 Å². The van der Waals surface area contributed by atoms with Gasteiger partial charge in [0.25, 0.3) is 5.91 Å². The molecular weight excluding hydrogens is 321 g/mol. The van der Waals surface area contributed by atoms with Gasteiger partial charge in [-0.2, -0.15) is 0 Å². The molecule has 8 heteroatoms. The quantitative estimate of drug-likeness (QED) is 0.882. The van der Waals surface area contributed by atoms with E-state index >= 15 is 0 Å². The van der Waals surface area contributed by atoms with Crippen molar-refractivity contribution in [3.63, 3.8) is 0 Å². The van der Waals surface area contributed by atoms with E-state index in [0.717, 1.165) is 18.2 Å². The van der Waals surface area contributed by atoms with Crippen LogP contribution in [0.3, 0.4) is 0 Å². The van der Waals surface area contributed by atoms with E-state index in [-0.39, 0.29) is 10.7 Å². The van der Waals surface area contributed by atoms with Crippen molar-refractivity contribution in [1.29, 1.82) is 0 Å². The molecule has 0 aliphatic rings. The lowest BCUT2D eigenvalue weighted by atomic mass is 10.2. The summed E-state index contributed by atoms with van der Waals surface area (Å²) in [6, 6.07) is 4.91. The molecule has 0 fully saturated rings. The monoisotopic (exact) mass is 328 g/mol. The number of imide groups is 1. The lowest BCUT2D eigenvalue weighted by Crippen LogP contribution is -2.35. The van der Waals surface area contributed by atoms with Gasteiger partial charge in [-0.05, 0) is 24.3 Å². The van der Waals surface area contributed by atoms with E-state index in [2.05, 4.69) is 0 Å². The largest absolute Gasteiger partial charge is 0.326 e. The summed E-state index contributed by atoms with van der Waals surface area (Å²) in [4.78, 5) is 23.4. The maximum atomic E-state index is 13.5. The third-order valence-corrected chi connectivity index (χ3v) is 2.91. The number of hydrogen-bond donors (Lipinski definition) is 2. The third kappa shape index (κ3) is 3.56. The first-order chi connectivity index (χ1) is 10.4. The van der Waals surface area contributed by atoms with Gasteiger partial charge in [0.05, 0.1) is 16.3 Å². The number of nitrogens with one attached hydrogen (secondary N) is 2. The predicted molar refractivity (Wildman–Crippen MR) is 74.3 cm³/mol. The van der Waals surface area contributed by atoms with Crippen molar-refractivity contribution in [3.8, 4) is 0 Å². The summed E-state index contributed by atoms with van der Waals surface area (Å²) >= 11 is 5.68. The summed E-state index contributed by atoms with van der Waals surface area (Å²) in [7, 11) is 0. The molecule has 0 heterocycles. The highest BCUT2D eigenvalue weighted by Gasteiger charge is 2.18. The first-order valence-corrected chi connectivity index (χ1v) is 6.27. The molecule has 4 nitrogen and oxygen atoms in total. The summed E-state index contributed by atoms with van der Waals surface area (Å²) < 4.78 is 39.6. The van der Waals surface area contributed by atoms with Gasteiger partial charge in [-0.25, -0.2) is 18.0 Å². The van der Waals surface area contributed by atoms with Crippen molar-refractivity contribution >= 4 is 29.2 Å². The zero-order valence-corrected chi connectivity index (χ0v) is 11.5. The Morgan fingerprint density at radius 1 is 1.00 bits per heavy atom. The Labute approximate surface area is 127 Å². The van der Waals surface area contributed by atoms with Crippen LogP contribution >= 0.6 is 11.6 Å². The summed E-state index contributed by atoms with van der Waals surface area (Å²) in [5.74, 6) is -3.85. The average Bonchev–Trinajstić information content (AvgIpc) is 2.41. The fourth-order valence-electron chi connectivity index (χ4n) is 1.62. The van der Waals surface area contributed by atoms with Gasteiger partial charge >= 0.3 is 6.03 Å². The Hall–Kier alpha value is -2.54. The highest BCUT2D eigenvalue weighted by atomic mass is 35.5. The summed E-state index contributed by atoms with van der Waals surface area (Å²) in [5.41, 5.74) is -0.856. The van der Waals surface area contributed by atoms with Crippen LogP contribution in [0.15, 0.2) is 36.4 Å². The van der Waals surface area contributed by atoms with Gasteiger partial charge in [0, 0.05) is 6.07 Å². The number of anilines is 1. The van der Waals surface area contributed by atoms with Crippen molar-refractivity contribution in [1.82, 2.24) is 5.32 Å². The van der Waals surface area contributed by atoms with Crippen LogP contribution in [0.2, 0.25) is 5.02 Å². The molecule has 0 saturated carbocycles. The zero-order chi connectivity index (χ0) is 16.3. The Morgan fingerprint density at radius 2 is 1.73 bits per heavy atom. The third-order valence-electron chi connectivity index (χ3n) is 2.60. The van der Waals surface area contributed by atoms with Crippen LogP contribution < -0.4 is 10.6 Å². The van der Waals surface area contributed by atoms with Crippen molar-refractivity contribution < 1.29 is 22.8 Å². The van der Waals surface area contributed by atoms with E-state index in [1.54, 1.807) is 5.32 Å². The first kappa shape index (κ1) is 15.8. The number of urea groups is 1. The standard InChI is InChI=1S/C14H8ClF3N2O2/c15-8-2-1-3-9(17)12(8)13(21)20-14(22)19-11-5-4-7(16)6-10(11)18/h1-6H,(H2,19,20,21,22). The molecule has 0 unspecified atom stereocenters. The van der Waals surface area contributed by atoms with E-state index in [4.69, 9.17) is 11.6 Å². The lowest BCUT2D eigenvalue weighted by Gasteiger charge is -2.09. The molecule has 0 atom stereocenters. The Bertz CT molecular complexity index is 733. The van der Waals surface area contributed by atoms with E-state index in [1.165, 1.54) is 12.1 Å². The number of rotatable bonds is 2. The number of hydrogen-bond acceptors (Lipinski definition) is 2. The van der Waals surface area contributed by atoms with Gasteiger partial charge in [-0.3, -0.25) is 10.1 Å². The van der Waals surface area contributed by atoms with Gasteiger partial charge in [-0.15, -0.1) is 0 Å². The van der Waals surface area contributed by atoms with Crippen LogP contribution in [0, 0.1) is 17.5 Å². The molecule has 0 aliphatic heterocycles. The number of carbonyl (C=O) groups is 2. The Kier molecular flexibility index (Phi) is 4.67. The summed E-state index contributed by atoms with van der Waals surface area (Å²) in [5, 5.41) is 3.61. The van der Waals surface area contributed by atoms with Crippen LogP contribution in [0.4, 0.5) is 23.7 Å². The van der Waals surface area contributed by atoms with Gasteiger partial charge in [0.15, 0.2) is 0 Å². The maximum absolute atomic E-state index is 13.5. The van der Waals surface area contributed by atoms with Crippen LogP contribution in [0.1, 0.15) is 10.4 Å². The molecular formula is C14H8ClF3N2O2. The minimum Gasteiger partial charge on any atom is -0.305 e. The van der Waals surface area contributed by atoms with Crippen molar-refractivity contribution in [2.45, 2.75) is 0 Å². The molecule has 0 radical (unpaired) electrons. The summed E-state index contributed by atoms with van der Waals surface area (Å²) in [6.07, 6.45) is 0. The minimum atomic E-state index is -1.12. The zero-order valence-electron chi connectivity index (χ0n) is 10.8. The maximum Gasteiger partial charge on any atom is 0.326 e. The second-order valence-electron chi connectivity index (χ2n) is 4.13. The van der Waals surface area contributed by atoms with Gasteiger partial charge in [0.1, 0.15) is 17.5 Å². The predicted octanol–water partition coefficient (Wildman–Crippen LogP) is 3.72. The number of amides is 3. The second kappa shape index (κ2) is 6.48.